The van der Waals surface area contributed by atoms with E-state index < -0.39 is 87.1 Å². The van der Waals surface area contributed by atoms with Gasteiger partial charge in [-0.3, -0.25) is 0 Å². The third-order valence-electron chi connectivity index (χ3n) is 4.24. The van der Waals surface area contributed by atoms with E-state index in [0.29, 0.717) is 0 Å². The quantitative estimate of drug-likeness (QED) is 0.230. The molecule has 2 rings (SSSR count). The van der Waals surface area contributed by atoms with Gasteiger partial charge in [0.2, 0.25) is 5.82 Å². The van der Waals surface area contributed by atoms with Crippen LogP contribution in [0.2, 0.25) is 0 Å². The van der Waals surface area contributed by atoms with Gasteiger partial charge in [-0.05, 0) is 13.1 Å². The summed E-state index contributed by atoms with van der Waals surface area (Å²) in [4.78, 5) is 0. The Labute approximate surface area is 190 Å². The van der Waals surface area contributed by atoms with Gasteiger partial charge in [0, 0.05) is 5.56 Å². The summed E-state index contributed by atoms with van der Waals surface area (Å²) in [6.45, 7) is 6.39. The molecule has 0 aliphatic carbocycles. The number of alkyl halides is 8. The molecule has 1 N–H and O–H groups in total. The van der Waals surface area contributed by atoms with Crippen LogP contribution in [0.3, 0.4) is 0 Å². The average molecular weight is 557 g/mol. The minimum Gasteiger partial charge on any atom is -0.317 e. The molecule has 2 aromatic rings. The van der Waals surface area contributed by atoms with Gasteiger partial charge in [0.1, 0.15) is 5.56 Å². The van der Waals surface area contributed by atoms with E-state index in [2.05, 4.69) is 19.2 Å². The zero-order valence-electron chi connectivity index (χ0n) is 17.5. The van der Waals surface area contributed by atoms with Gasteiger partial charge in [-0.2, -0.15) is 35.1 Å². The van der Waals surface area contributed by atoms with E-state index in [1.807, 2.05) is 0 Å². The van der Waals surface area contributed by atoms with Crippen LogP contribution < -0.4 is 5.32 Å². The molecule has 0 saturated carbocycles. The smallest absolute Gasteiger partial charge is 0.317 e. The van der Waals surface area contributed by atoms with Crippen LogP contribution in [0.5, 0.6) is 0 Å². The molecule has 36 heavy (non-hydrogen) atoms. The Bertz CT molecular complexity index is 1090. The minimum atomic E-state index is -7.10. The van der Waals surface area contributed by atoms with Crippen LogP contribution in [0.15, 0.2) is 0 Å². The molecule has 0 saturated heterocycles. The second kappa shape index (κ2) is 10.7. The van der Waals surface area contributed by atoms with Crippen LogP contribution in [-0.4, -0.2) is 19.3 Å². The zero-order valence-corrected chi connectivity index (χ0v) is 17.5. The number of hydrogen-bond donors (Lipinski definition) is 1. The van der Waals surface area contributed by atoms with E-state index in [9.17, 15) is 70.2 Å². The summed E-state index contributed by atoms with van der Waals surface area (Å²) in [6, 6.07) is 0. The molecule has 0 aromatic heterocycles. The normalized spacial score (nSPS) is 12.5. The molecule has 0 atom stereocenters. The van der Waals surface area contributed by atoms with Crippen molar-refractivity contribution in [2.75, 3.05) is 13.1 Å². The van der Waals surface area contributed by atoms with Gasteiger partial charge in [0.05, 0.1) is 11.1 Å². The maximum Gasteiger partial charge on any atom is 0.458 e. The molecule has 0 unspecified atom stereocenters. The molecule has 17 heteroatoms. The summed E-state index contributed by atoms with van der Waals surface area (Å²) in [6.07, 6.45) is -13.7. The highest BCUT2D eigenvalue weighted by Crippen LogP contribution is 2.53. The van der Waals surface area contributed by atoms with Gasteiger partial charge in [-0.25, -0.2) is 35.1 Å². The first kappa shape index (κ1) is 31.3. The first-order valence-electron chi connectivity index (χ1n) is 9.15. The van der Waals surface area contributed by atoms with Crippen LogP contribution in [0.4, 0.5) is 70.2 Å². The molecule has 0 heterocycles. The fourth-order valence-electron chi connectivity index (χ4n) is 2.69. The van der Waals surface area contributed by atoms with E-state index in [4.69, 9.17) is 0 Å². The maximum absolute atomic E-state index is 13.9. The summed E-state index contributed by atoms with van der Waals surface area (Å²) in [5, 5.41) is 3.11. The summed E-state index contributed by atoms with van der Waals surface area (Å²) in [7, 11) is 0. The Morgan fingerprint density at radius 2 is 0.806 bits per heavy atom. The van der Waals surface area contributed by atoms with Crippen molar-refractivity contribution < 1.29 is 70.2 Å². The van der Waals surface area contributed by atoms with Crippen molar-refractivity contribution in [3.63, 3.8) is 0 Å². The highest BCUT2D eigenvalue weighted by molar-refractivity contribution is 5.75. The first-order valence-corrected chi connectivity index (χ1v) is 9.15. The Morgan fingerprint density at radius 3 is 1.11 bits per heavy atom. The lowest BCUT2D eigenvalue weighted by Crippen LogP contribution is -2.36. The Hall–Kier alpha value is -2.72. The van der Waals surface area contributed by atoms with Crippen LogP contribution in [-0.2, 0) is 12.1 Å². The van der Waals surface area contributed by atoms with Gasteiger partial charge >= 0.3 is 18.3 Å². The predicted molar refractivity (Wildman–Crippen MR) is 90.7 cm³/mol. The molecule has 204 valence electrons. The van der Waals surface area contributed by atoms with E-state index in [0.717, 1.165) is 13.1 Å². The number of nitrogens with one attached hydrogen (secondary N) is 1. The zero-order chi connectivity index (χ0) is 28.5. The lowest BCUT2D eigenvalue weighted by molar-refractivity contribution is -0.290. The Kier molecular flexibility index (Phi) is 9.32. The van der Waals surface area contributed by atoms with Crippen LogP contribution in [0, 0.1) is 46.5 Å². The van der Waals surface area contributed by atoms with Crippen LogP contribution in [0.25, 0.3) is 11.1 Å². The van der Waals surface area contributed by atoms with Crippen molar-refractivity contribution in [1.82, 2.24) is 5.32 Å². The third-order valence-corrected chi connectivity index (χ3v) is 4.24. The van der Waals surface area contributed by atoms with E-state index >= 15 is 0 Å². The van der Waals surface area contributed by atoms with Gasteiger partial charge in [0.15, 0.2) is 40.7 Å². The molecule has 0 aliphatic heterocycles. The highest BCUT2D eigenvalue weighted by Gasteiger charge is 2.63. The second-order valence-electron chi connectivity index (χ2n) is 6.54. The molecule has 0 bridgehead atoms. The lowest BCUT2D eigenvalue weighted by atomic mass is 9.88. The summed E-state index contributed by atoms with van der Waals surface area (Å²) < 4.78 is 214. The van der Waals surface area contributed by atoms with Crippen molar-refractivity contribution in [2.24, 2.45) is 0 Å². The molecular weight excluding hydrogens is 546 g/mol. The van der Waals surface area contributed by atoms with Crippen LogP contribution >= 0.6 is 0 Å². The molecular formula is C19H11F16N. The molecule has 0 radical (unpaired) electrons. The molecule has 0 fully saturated rings. The Balaban J connectivity index is 0.00000118. The van der Waals surface area contributed by atoms with E-state index in [-0.39, 0.29) is 0 Å². The topological polar surface area (TPSA) is 12.0 Å². The van der Waals surface area contributed by atoms with Crippen LogP contribution in [0.1, 0.15) is 25.0 Å². The van der Waals surface area contributed by atoms with E-state index in [1.165, 1.54) is 0 Å². The van der Waals surface area contributed by atoms with Gasteiger partial charge in [-0.15, -0.1) is 0 Å². The van der Waals surface area contributed by atoms with Gasteiger partial charge < -0.3 is 5.32 Å². The van der Waals surface area contributed by atoms with Gasteiger partial charge in [0.25, 0.3) is 0 Å². The third kappa shape index (κ3) is 5.49. The fraction of sp³-hybridized carbons (Fsp3) is 0.368. The Morgan fingerprint density at radius 1 is 0.472 bits per heavy atom. The molecule has 0 aliphatic rings. The largest absolute Gasteiger partial charge is 0.458 e. The average Bonchev–Trinajstić information content (AvgIpc) is 2.74. The van der Waals surface area contributed by atoms with Gasteiger partial charge in [-0.1, -0.05) is 13.8 Å². The monoisotopic (exact) mass is 557 g/mol. The van der Waals surface area contributed by atoms with Crippen molar-refractivity contribution in [3.8, 4) is 11.1 Å². The predicted octanol–water partition coefficient (Wildman–Crippen LogP) is 7.76. The minimum absolute atomic E-state index is 1.09. The highest BCUT2D eigenvalue weighted by atomic mass is 19.4. The second-order valence-corrected chi connectivity index (χ2v) is 6.54. The fourth-order valence-corrected chi connectivity index (χ4v) is 2.69. The van der Waals surface area contributed by atoms with Crippen molar-refractivity contribution in [1.29, 1.82) is 0 Å². The maximum atomic E-state index is 13.9. The molecule has 1 nitrogen and oxygen atoms in total. The lowest BCUT2D eigenvalue weighted by Gasteiger charge is -2.26. The number of rotatable bonds is 4. The standard InChI is InChI=1S/C15F16.C4H11N/c16-5-2(6(17)10(21)12(23)9(5)20)1-3(13(24,25)15(29,30)31)7(18)11(22)8(19)4(1)14(26,27)28;1-3-5-4-2/h;5H,3-4H2,1-2H3. The first-order chi connectivity index (χ1) is 16.2. The molecule has 2 aromatic carbocycles. The van der Waals surface area contributed by atoms with Crippen molar-refractivity contribution in [3.05, 3.63) is 57.7 Å². The summed E-state index contributed by atoms with van der Waals surface area (Å²) in [5.41, 5.74) is -14.2. The molecule has 0 amide bonds. The summed E-state index contributed by atoms with van der Waals surface area (Å²) in [5.74, 6) is -34.1. The number of hydrogen-bond acceptors (Lipinski definition) is 1. The number of benzene rings is 2. The SMILES string of the molecule is CCNCC.Fc1c(F)c(F)c(-c2c(C(F)(F)F)c(F)c(F)c(F)c2C(F)(F)C(F)(F)F)c(F)c1F. The van der Waals surface area contributed by atoms with Crippen molar-refractivity contribution >= 4 is 0 Å². The number of halogens is 16. The summed E-state index contributed by atoms with van der Waals surface area (Å²) >= 11 is 0. The van der Waals surface area contributed by atoms with E-state index in [1.54, 1.807) is 0 Å². The van der Waals surface area contributed by atoms with Crippen molar-refractivity contribution in [2.45, 2.75) is 32.1 Å². The molecule has 0 spiro atoms.